The van der Waals surface area contributed by atoms with Gasteiger partial charge in [-0.2, -0.15) is 0 Å². The van der Waals surface area contributed by atoms with E-state index in [1.54, 1.807) is 29.2 Å². The van der Waals surface area contributed by atoms with Crippen LogP contribution < -0.4 is 0 Å². The van der Waals surface area contributed by atoms with E-state index >= 15 is 0 Å². The van der Waals surface area contributed by atoms with Crippen molar-refractivity contribution in [2.24, 2.45) is 0 Å². The van der Waals surface area contributed by atoms with Gasteiger partial charge >= 0.3 is 5.97 Å². The summed E-state index contributed by atoms with van der Waals surface area (Å²) >= 11 is 0. The van der Waals surface area contributed by atoms with Crippen molar-refractivity contribution in [2.45, 2.75) is 18.8 Å². The zero-order chi connectivity index (χ0) is 18.6. The maximum absolute atomic E-state index is 12.3. The molecule has 0 atom stereocenters. The first-order valence-corrected chi connectivity index (χ1v) is 9.06. The molecule has 0 bridgehead atoms. The molecule has 0 spiro atoms. The van der Waals surface area contributed by atoms with Crippen LogP contribution in [0.2, 0.25) is 0 Å². The van der Waals surface area contributed by atoms with E-state index in [1.165, 1.54) is 0 Å². The highest BCUT2D eigenvalue weighted by Crippen LogP contribution is 2.29. The first-order valence-electron chi connectivity index (χ1n) is 9.06. The number of ether oxygens (including phenoxy) is 1. The second-order valence-electron chi connectivity index (χ2n) is 6.62. The van der Waals surface area contributed by atoms with Crippen LogP contribution in [0.3, 0.4) is 0 Å². The van der Waals surface area contributed by atoms with Crippen molar-refractivity contribution >= 4 is 23.0 Å². The van der Waals surface area contributed by atoms with Crippen molar-refractivity contribution < 1.29 is 18.7 Å². The van der Waals surface area contributed by atoms with Crippen LogP contribution >= 0.6 is 0 Å². The number of oxazole rings is 1. The Labute approximate surface area is 156 Å². The van der Waals surface area contributed by atoms with E-state index in [-0.39, 0.29) is 18.4 Å². The Morgan fingerprint density at radius 3 is 2.48 bits per heavy atom. The largest absolute Gasteiger partial charge is 0.452 e. The number of esters is 1. The Hall–Kier alpha value is -3.15. The number of amides is 1. The van der Waals surface area contributed by atoms with Crippen molar-refractivity contribution in [1.29, 1.82) is 0 Å². The third kappa shape index (κ3) is 3.84. The van der Waals surface area contributed by atoms with E-state index in [2.05, 4.69) is 4.98 Å². The number of rotatable bonds is 4. The molecular weight excluding hydrogens is 344 g/mol. The molecule has 1 aliphatic rings. The lowest BCUT2D eigenvalue weighted by atomic mass is 9.97. The number of para-hydroxylation sites is 2. The maximum atomic E-state index is 12.3. The van der Waals surface area contributed by atoms with Crippen molar-refractivity contribution in [1.82, 2.24) is 9.88 Å². The average Bonchev–Trinajstić information content (AvgIpc) is 3.17. The second-order valence-corrected chi connectivity index (χ2v) is 6.62. The van der Waals surface area contributed by atoms with Gasteiger partial charge in [0.25, 0.3) is 5.91 Å². The molecule has 3 aromatic rings. The molecule has 27 heavy (non-hydrogen) atoms. The molecule has 1 saturated heterocycles. The van der Waals surface area contributed by atoms with Gasteiger partial charge in [-0.05, 0) is 37.1 Å². The maximum Gasteiger partial charge on any atom is 0.338 e. The monoisotopic (exact) mass is 364 g/mol. The Kier molecular flexibility index (Phi) is 4.87. The molecule has 2 heterocycles. The molecule has 0 aliphatic carbocycles. The fraction of sp³-hybridized carbons (Fsp3) is 0.286. The molecule has 0 unspecified atom stereocenters. The molecule has 0 saturated carbocycles. The first-order chi connectivity index (χ1) is 13.2. The predicted octanol–water partition coefficient (Wildman–Crippen LogP) is 3.39. The first kappa shape index (κ1) is 17.3. The Morgan fingerprint density at radius 2 is 1.74 bits per heavy atom. The fourth-order valence-electron chi connectivity index (χ4n) is 3.32. The number of fused-ring (bicyclic) bond motifs is 1. The number of benzene rings is 2. The number of carbonyl (C=O) groups excluding carboxylic acids is 2. The minimum Gasteiger partial charge on any atom is -0.452 e. The van der Waals surface area contributed by atoms with Gasteiger partial charge in [0.05, 0.1) is 5.56 Å². The van der Waals surface area contributed by atoms with Crippen molar-refractivity contribution in [2.75, 3.05) is 19.7 Å². The van der Waals surface area contributed by atoms with Gasteiger partial charge in [-0.1, -0.05) is 30.3 Å². The molecule has 6 heteroatoms. The molecule has 1 fully saturated rings. The summed E-state index contributed by atoms with van der Waals surface area (Å²) in [5.74, 6) is 0.285. The molecular formula is C21H20N2O4. The molecule has 1 aliphatic heterocycles. The van der Waals surface area contributed by atoms with E-state index in [4.69, 9.17) is 9.15 Å². The lowest BCUT2D eigenvalue weighted by Gasteiger charge is -2.30. The number of nitrogens with zero attached hydrogens (tertiary/aromatic N) is 2. The van der Waals surface area contributed by atoms with Crippen LogP contribution in [0.15, 0.2) is 59.0 Å². The highest BCUT2D eigenvalue weighted by Gasteiger charge is 2.27. The van der Waals surface area contributed by atoms with Crippen molar-refractivity contribution in [3.8, 4) is 0 Å². The zero-order valence-corrected chi connectivity index (χ0v) is 14.8. The van der Waals surface area contributed by atoms with E-state index in [1.807, 2.05) is 30.3 Å². The molecule has 1 aromatic heterocycles. The van der Waals surface area contributed by atoms with E-state index in [9.17, 15) is 9.59 Å². The van der Waals surface area contributed by atoms with Gasteiger partial charge in [-0.3, -0.25) is 4.79 Å². The summed E-state index contributed by atoms with van der Waals surface area (Å²) in [5, 5.41) is 0. The lowest BCUT2D eigenvalue weighted by molar-refractivity contribution is -0.135. The van der Waals surface area contributed by atoms with Crippen LogP contribution in [0, 0.1) is 0 Å². The number of piperidine rings is 1. The molecule has 2 aromatic carbocycles. The van der Waals surface area contributed by atoms with Crippen molar-refractivity contribution in [3.63, 3.8) is 0 Å². The number of aromatic nitrogens is 1. The summed E-state index contributed by atoms with van der Waals surface area (Å²) in [6.07, 6.45) is 1.57. The van der Waals surface area contributed by atoms with E-state index in [0.29, 0.717) is 18.7 Å². The van der Waals surface area contributed by atoms with Crippen LogP contribution in [0.1, 0.15) is 35.0 Å². The summed E-state index contributed by atoms with van der Waals surface area (Å²) < 4.78 is 11.0. The average molecular weight is 364 g/mol. The van der Waals surface area contributed by atoms with Crippen LogP contribution in [0.25, 0.3) is 11.1 Å². The number of hydrogen-bond acceptors (Lipinski definition) is 5. The van der Waals surface area contributed by atoms with Crippen LogP contribution in [0.5, 0.6) is 0 Å². The van der Waals surface area contributed by atoms with Gasteiger partial charge in [0.2, 0.25) is 0 Å². The Morgan fingerprint density at radius 1 is 1.04 bits per heavy atom. The fourth-order valence-corrected chi connectivity index (χ4v) is 3.32. The molecule has 1 amide bonds. The smallest absolute Gasteiger partial charge is 0.338 e. The summed E-state index contributed by atoms with van der Waals surface area (Å²) in [6.45, 7) is 0.970. The number of carbonyl (C=O) groups is 2. The van der Waals surface area contributed by atoms with E-state index < -0.39 is 5.97 Å². The highest BCUT2D eigenvalue weighted by molar-refractivity contribution is 5.91. The third-order valence-corrected chi connectivity index (χ3v) is 4.84. The predicted molar refractivity (Wildman–Crippen MR) is 99.3 cm³/mol. The van der Waals surface area contributed by atoms with Gasteiger partial charge < -0.3 is 14.1 Å². The number of hydrogen-bond donors (Lipinski definition) is 0. The second kappa shape index (κ2) is 7.61. The normalized spacial score (nSPS) is 15.0. The Bertz CT molecular complexity index is 910. The van der Waals surface area contributed by atoms with Crippen molar-refractivity contribution in [3.05, 3.63) is 66.1 Å². The van der Waals surface area contributed by atoms with Gasteiger partial charge in [-0.25, -0.2) is 9.78 Å². The van der Waals surface area contributed by atoms with Crippen LogP contribution in [0.4, 0.5) is 0 Å². The summed E-state index contributed by atoms with van der Waals surface area (Å²) in [6, 6.07) is 16.4. The minimum atomic E-state index is -0.481. The minimum absolute atomic E-state index is 0.171. The van der Waals surface area contributed by atoms with Crippen LogP contribution in [-0.4, -0.2) is 41.5 Å². The third-order valence-electron chi connectivity index (χ3n) is 4.84. The van der Waals surface area contributed by atoms with E-state index in [0.717, 1.165) is 29.8 Å². The lowest BCUT2D eigenvalue weighted by Crippen LogP contribution is -2.40. The molecule has 4 rings (SSSR count). The highest BCUT2D eigenvalue weighted by atomic mass is 16.5. The SMILES string of the molecule is O=C(OCC(=O)N1CCC(c2nc3ccccc3o2)CC1)c1ccccc1. The van der Waals surface area contributed by atoms with Gasteiger partial charge in [0, 0.05) is 19.0 Å². The number of likely N-dealkylation sites (tertiary alicyclic amines) is 1. The van der Waals surface area contributed by atoms with Crippen LogP contribution in [-0.2, 0) is 9.53 Å². The summed E-state index contributed by atoms with van der Waals surface area (Å²) in [4.78, 5) is 30.6. The zero-order valence-electron chi connectivity index (χ0n) is 14.8. The quantitative estimate of drug-likeness (QED) is 0.664. The summed E-state index contributed by atoms with van der Waals surface area (Å²) in [7, 11) is 0. The summed E-state index contributed by atoms with van der Waals surface area (Å²) in [5.41, 5.74) is 2.10. The van der Waals surface area contributed by atoms with Gasteiger partial charge in [0.15, 0.2) is 18.1 Å². The van der Waals surface area contributed by atoms with Gasteiger partial charge in [-0.15, -0.1) is 0 Å². The standard InChI is InChI=1S/C21H20N2O4/c24-19(14-26-21(25)16-6-2-1-3-7-16)23-12-10-15(11-13-23)20-22-17-8-4-5-9-18(17)27-20/h1-9,15H,10-14H2. The Balaban J connectivity index is 1.29. The molecule has 0 N–H and O–H groups in total. The molecule has 0 radical (unpaired) electrons. The molecule has 138 valence electrons. The molecule has 6 nitrogen and oxygen atoms in total. The van der Waals surface area contributed by atoms with Gasteiger partial charge in [0.1, 0.15) is 5.52 Å². The topological polar surface area (TPSA) is 72.6 Å².